The van der Waals surface area contributed by atoms with Gasteiger partial charge in [0.2, 0.25) is 5.91 Å². The van der Waals surface area contributed by atoms with Gasteiger partial charge in [-0.05, 0) is 30.0 Å². The van der Waals surface area contributed by atoms with Crippen LogP contribution in [0.3, 0.4) is 0 Å². The maximum absolute atomic E-state index is 14.1. The number of fused-ring (bicyclic) bond motifs is 4. The zero-order valence-corrected chi connectivity index (χ0v) is 27.3. The number of benzene rings is 1. The Balaban J connectivity index is 1.45. The lowest BCUT2D eigenvalue weighted by Gasteiger charge is -2.48. The molecule has 4 aliphatic rings. The summed E-state index contributed by atoms with van der Waals surface area (Å²) in [5, 5.41) is 13.7. The van der Waals surface area contributed by atoms with Crippen molar-refractivity contribution in [3.63, 3.8) is 0 Å². The lowest BCUT2D eigenvalue weighted by molar-refractivity contribution is -0.224. The molecular formula is C34H45F3N2O9. The van der Waals surface area contributed by atoms with Crippen LogP contribution in [0.5, 0.6) is 0 Å². The standard InChI is InChI=1S/C34H45F3N2O9/c1-3-5-9-15-32(16-10-6-4-2)46-26-24-19-33(31(43)38-17-18-40)28(30(42)45-24)39(48-29(33)27(26)47-32)20-23-12-8-7-11-22(23)13-14-25(41)44-21-34(35,36)37/h7-8,11-14,24,26-29,40H,3-6,9-10,15-21H2,1-2H3,(H,38,43)/t24-,26+,27+,28-,29-,33-/m1/s1. The second-order valence-electron chi connectivity index (χ2n) is 12.9. The van der Waals surface area contributed by atoms with Crippen LogP contribution in [-0.4, -0.2) is 90.2 Å². The van der Waals surface area contributed by atoms with Gasteiger partial charge in [-0.3, -0.25) is 14.4 Å². The Hall–Kier alpha value is -3.04. The minimum atomic E-state index is -4.66. The molecule has 1 aromatic rings. The lowest BCUT2D eigenvalue weighted by Crippen LogP contribution is -2.69. The number of nitrogens with one attached hydrogen (secondary N) is 1. The summed E-state index contributed by atoms with van der Waals surface area (Å²) in [7, 11) is 0. The SMILES string of the molecule is CCCCCC1(CCCCC)O[C@@H]2[C@H](O1)[C@H]1ON(Cc3ccccc3C=CC(=O)OCC(F)(F)F)[C@@H]3C(=O)O[C@@H]2C[C@]13C(=O)NCCO. The van der Waals surface area contributed by atoms with Gasteiger partial charge < -0.3 is 29.4 Å². The molecule has 0 aromatic heterocycles. The molecule has 4 fully saturated rings. The molecule has 1 aliphatic carbocycles. The first-order valence-corrected chi connectivity index (χ1v) is 16.8. The summed E-state index contributed by atoms with van der Waals surface area (Å²) < 4.78 is 61.3. The molecule has 266 valence electrons. The Morgan fingerprint density at radius 3 is 2.44 bits per heavy atom. The lowest BCUT2D eigenvalue weighted by atomic mass is 9.62. The molecule has 6 atom stereocenters. The third-order valence-electron chi connectivity index (χ3n) is 9.55. The van der Waals surface area contributed by atoms with Gasteiger partial charge in [-0.1, -0.05) is 63.8 Å². The Morgan fingerprint density at radius 2 is 1.77 bits per heavy atom. The van der Waals surface area contributed by atoms with Crippen molar-refractivity contribution in [2.75, 3.05) is 19.8 Å². The van der Waals surface area contributed by atoms with Crippen LogP contribution in [0, 0.1) is 5.41 Å². The summed E-state index contributed by atoms with van der Waals surface area (Å²) in [6.45, 7) is 2.16. The molecule has 2 bridgehead atoms. The van der Waals surface area contributed by atoms with E-state index in [1.54, 1.807) is 24.3 Å². The molecule has 11 nitrogen and oxygen atoms in total. The third kappa shape index (κ3) is 7.57. The largest absolute Gasteiger partial charge is 0.458 e. The number of carbonyl (C=O) groups excluding carboxylic acids is 3. The number of amides is 1. The highest BCUT2D eigenvalue weighted by molar-refractivity contribution is 5.93. The number of aliphatic hydroxyl groups is 1. The van der Waals surface area contributed by atoms with Crippen molar-refractivity contribution < 1.29 is 56.4 Å². The van der Waals surface area contributed by atoms with E-state index in [-0.39, 0.29) is 26.1 Å². The second-order valence-corrected chi connectivity index (χ2v) is 12.9. The highest BCUT2D eigenvalue weighted by Gasteiger charge is 2.76. The molecule has 3 aliphatic heterocycles. The van der Waals surface area contributed by atoms with Gasteiger partial charge in [0.1, 0.15) is 29.8 Å². The van der Waals surface area contributed by atoms with Crippen LogP contribution in [0.2, 0.25) is 0 Å². The van der Waals surface area contributed by atoms with E-state index in [0.29, 0.717) is 24.0 Å². The van der Waals surface area contributed by atoms with Crippen LogP contribution in [0.4, 0.5) is 13.2 Å². The first kappa shape index (κ1) is 36.2. The number of halogens is 3. The van der Waals surface area contributed by atoms with Crippen LogP contribution in [0.25, 0.3) is 6.08 Å². The Bertz CT molecular complexity index is 1330. The van der Waals surface area contributed by atoms with Crippen molar-refractivity contribution in [1.82, 2.24) is 10.4 Å². The van der Waals surface area contributed by atoms with E-state index >= 15 is 0 Å². The van der Waals surface area contributed by atoms with Gasteiger partial charge >= 0.3 is 18.1 Å². The number of hydrogen-bond donors (Lipinski definition) is 2. The van der Waals surface area contributed by atoms with E-state index in [0.717, 1.165) is 44.6 Å². The van der Waals surface area contributed by atoms with Gasteiger partial charge in [-0.15, -0.1) is 0 Å². The quantitative estimate of drug-likeness (QED) is 0.147. The molecule has 1 amide bonds. The predicted molar refractivity (Wildman–Crippen MR) is 164 cm³/mol. The Morgan fingerprint density at radius 1 is 1.08 bits per heavy atom. The molecule has 0 radical (unpaired) electrons. The molecule has 0 spiro atoms. The van der Waals surface area contributed by atoms with Crippen molar-refractivity contribution in [2.24, 2.45) is 5.41 Å². The fourth-order valence-corrected chi connectivity index (χ4v) is 7.40. The second kappa shape index (κ2) is 15.2. The third-order valence-corrected chi connectivity index (χ3v) is 9.55. The zero-order valence-electron chi connectivity index (χ0n) is 27.3. The number of carbonyl (C=O) groups is 3. The van der Waals surface area contributed by atoms with Crippen LogP contribution in [0.15, 0.2) is 30.3 Å². The molecule has 14 heteroatoms. The number of hydrogen-bond acceptors (Lipinski definition) is 10. The highest BCUT2D eigenvalue weighted by Crippen LogP contribution is 2.58. The van der Waals surface area contributed by atoms with E-state index in [1.165, 1.54) is 11.1 Å². The number of alkyl halides is 3. The summed E-state index contributed by atoms with van der Waals surface area (Å²) in [5.74, 6) is -3.21. The first-order valence-electron chi connectivity index (χ1n) is 16.8. The average Bonchev–Trinajstić information content (AvgIpc) is 3.60. The number of nitrogens with zero attached hydrogens (tertiary/aromatic N) is 1. The van der Waals surface area contributed by atoms with Crippen molar-refractivity contribution in [3.8, 4) is 0 Å². The molecular weight excluding hydrogens is 637 g/mol. The van der Waals surface area contributed by atoms with E-state index in [2.05, 4.69) is 23.9 Å². The van der Waals surface area contributed by atoms with E-state index < -0.39 is 72.3 Å². The summed E-state index contributed by atoms with van der Waals surface area (Å²) >= 11 is 0. The summed E-state index contributed by atoms with van der Waals surface area (Å²) in [6, 6.07) is 5.60. The minimum Gasteiger partial charge on any atom is -0.458 e. The van der Waals surface area contributed by atoms with Gasteiger partial charge in [-0.2, -0.15) is 18.2 Å². The van der Waals surface area contributed by atoms with E-state index in [9.17, 15) is 32.7 Å². The molecule has 48 heavy (non-hydrogen) atoms. The molecule has 2 N–H and O–H groups in total. The number of esters is 2. The summed E-state index contributed by atoms with van der Waals surface area (Å²) in [6.07, 6.45) is 1.68. The fraction of sp³-hybridized carbons (Fsp3) is 0.676. The first-order chi connectivity index (χ1) is 23.0. The average molecular weight is 683 g/mol. The van der Waals surface area contributed by atoms with Crippen LogP contribution in [0.1, 0.15) is 82.8 Å². The van der Waals surface area contributed by atoms with Crippen molar-refractivity contribution >= 4 is 23.9 Å². The highest BCUT2D eigenvalue weighted by atomic mass is 19.4. The molecule has 3 saturated heterocycles. The van der Waals surface area contributed by atoms with Crippen LogP contribution in [-0.2, 0) is 44.7 Å². The van der Waals surface area contributed by atoms with Crippen LogP contribution >= 0.6 is 0 Å². The summed E-state index contributed by atoms with van der Waals surface area (Å²) in [5.41, 5.74) is -0.398. The van der Waals surface area contributed by atoms with Crippen LogP contribution < -0.4 is 5.32 Å². The Kier molecular flexibility index (Phi) is 11.5. The molecule has 1 aromatic carbocycles. The molecule has 3 heterocycles. The van der Waals surface area contributed by atoms with Crippen molar-refractivity contribution in [2.45, 2.75) is 121 Å². The topological polar surface area (TPSA) is 133 Å². The van der Waals surface area contributed by atoms with Crippen molar-refractivity contribution in [3.05, 3.63) is 41.5 Å². The fourth-order valence-electron chi connectivity index (χ4n) is 7.40. The molecule has 5 rings (SSSR count). The minimum absolute atomic E-state index is 0.0266. The molecule has 0 unspecified atom stereocenters. The van der Waals surface area contributed by atoms with E-state index in [1.807, 2.05) is 0 Å². The van der Waals surface area contributed by atoms with Gasteiger partial charge in [0.25, 0.3) is 0 Å². The monoisotopic (exact) mass is 682 g/mol. The number of hydroxylamine groups is 2. The maximum Gasteiger partial charge on any atom is 0.422 e. The Labute approximate surface area is 278 Å². The number of rotatable bonds is 16. The zero-order chi connectivity index (χ0) is 34.5. The smallest absolute Gasteiger partial charge is 0.422 e. The van der Waals surface area contributed by atoms with Gasteiger partial charge in [0.05, 0.1) is 13.2 Å². The van der Waals surface area contributed by atoms with Gasteiger partial charge in [-0.25, -0.2) is 4.79 Å². The number of aliphatic hydroxyl groups excluding tert-OH is 1. The van der Waals surface area contributed by atoms with Crippen molar-refractivity contribution in [1.29, 1.82) is 0 Å². The predicted octanol–water partition coefficient (Wildman–Crippen LogP) is 4.35. The van der Waals surface area contributed by atoms with Gasteiger partial charge in [0, 0.05) is 31.9 Å². The molecule has 1 saturated carbocycles. The van der Waals surface area contributed by atoms with E-state index in [4.69, 9.17) is 19.0 Å². The maximum atomic E-state index is 14.1. The normalized spacial score (nSPS) is 29.1. The number of unbranched alkanes of at least 4 members (excludes halogenated alkanes) is 4. The van der Waals surface area contributed by atoms with Gasteiger partial charge in [0.15, 0.2) is 18.4 Å². The number of ether oxygens (including phenoxy) is 4. The summed E-state index contributed by atoms with van der Waals surface area (Å²) in [4.78, 5) is 46.4.